The van der Waals surface area contributed by atoms with E-state index in [9.17, 15) is 4.79 Å². The fraction of sp³-hybridized carbons (Fsp3) is 0.0476. The second-order valence-electron chi connectivity index (χ2n) is 6.41. The number of nitrogens with one attached hydrogen (secondary N) is 1. The summed E-state index contributed by atoms with van der Waals surface area (Å²) in [5, 5.41) is 9.89. The van der Waals surface area contributed by atoms with Gasteiger partial charge in [-0.05, 0) is 29.6 Å². The van der Waals surface area contributed by atoms with Gasteiger partial charge in [-0.25, -0.2) is 15.0 Å². The molecule has 1 amide bonds. The number of rotatable bonds is 5. The largest absolute Gasteiger partial charge is 0.326 e. The minimum Gasteiger partial charge on any atom is -0.326 e. The van der Waals surface area contributed by atoms with Crippen molar-refractivity contribution in [1.82, 2.24) is 19.4 Å². The fourth-order valence-corrected chi connectivity index (χ4v) is 4.50. The Morgan fingerprint density at radius 2 is 1.97 bits per heavy atom. The summed E-state index contributed by atoms with van der Waals surface area (Å²) in [6.45, 7) is 0. The molecule has 4 heterocycles. The van der Waals surface area contributed by atoms with E-state index < -0.39 is 0 Å². The predicted octanol–water partition coefficient (Wildman–Crippen LogP) is 4.76. The van der Waals surface area contributed by atoms with Gasteiger partial charge in [0.05, 0.1) is 17.8 Å². The van der Waals surface area contributed by atoms with Gasteiger partial charge in [-0.2, -0.15) is 11.3 Å². The minimum absolute atomic E-state index is 0.0863. The minimum atomic E-state index is -0.0863. The lowest BCUT2D eigenvalue weighted by molar-refractivity contribution is -0.115. The van der Waals surface area contributed by atoms with E-state index in [0.29, 0.717) is 5.78 Å². The molecule has 8 heteroatoms. The number of aromatic nitrogens is 4. The van der Waals surface area contributed by atoms with E-state index in [-0.39, 0.29) is 12.3 Å². The van der Waals surface area contributed by atoms with Crippen LogP contribution in [0.15, 0.2) is 71.1 Å². The van der Waals surface area contributed by atoms with Gasteiger partial charge in [0.1, 0.15) is 5.01 Å². The van der Waals surface area contributed by atoms with Crippen LogP contribution in [0.4, 0.5) is 5.69 Å². The Hall–Kier alpha value is -3.36. The van der Waals surface area contributed by atoms with Gasteiger partial charge in [0.2, 0.25) is 11.7 Å². The van der Waals surface area contributed by atoms with Crippen LogP contribution in [0, 0.1) is 0 Å². The third kappa shape index (κ3) is 3.80. The number of imidazole rings is 1. The van der Waals surface area contributed by atoms with Crippen LogP contribution in [0.5, 0.6) is 0 Å². The van der Waals surface area contributed by atoms with Crippen molar-refractivity contribution < 1.29 is 4.79 Å². The van der Waals surface area contributed by atoms with Crippen LogP contribution in [0.3, 0.4) is 0 Å². The van der Waals surface area contributed by atoms with Gasteiger partial charge in [-0.3, -0.25) is 9.20 Å². The van der Waals surface area contributed by atoms with E-state index in [1.807, 2.05) is 64.0 Å². The second-order valence-corrected chi connectivity index (χ2v) is 8.05. The lowest BCUT2D eigenvalue weighted by Gasteiger charge is -2.05. The standard InChI is InChI=1S/C21H15N5OS2/c27-19(10-17-13-29-20(24-17)15-6-9-28-12-15)23-16-4-2-14(3-5-16)18-11-26-8-1-7-22-21(26)25-18/h1-9,11-13H,10H2,(H,23,27). The van der Waals surface area contributed by atoms with Crippen molar-refractivity contribution in [2.75, 3.05) is 5.32 Å². The lowest BCUT2D eigenvalue weighted by atomic mass is 10.1. The zero-order chi connectivity index (χ0) is 19.6. The van der Waals surface area contributed by atoms with E-state index in [4.69, 9.17) is 0 Å². The summed E-state index contributed by atoms with van der Waals surface area (Å²) in [5.74, 6) is 0.571. The Morgan fingerprint density at radius 1 is 1.07 bits per heavy atom. The molecule has 0 saturated heterocycles. The molecule has 0 aliphatic rings. The molecule has 0 unspecified atom stereocenters. The summed E-state index contributed by atoms with van der Waals surface area (Å²) < 4.78 is 1.88. The van der Waals surface area contributed by atoms with Crippen molar-refractivity contribution in [1.29, 1.82) is 0 Å². The number of fused-ring (bicyclic) bond motifs is 1. The van der Waals surface area contributed by atoms with Crippen LogP contribution >= 0.6 is 22.7 Å². The van der Waals surface area contributed by atoms with E-state index >= 15 is 0 Å². The van der Waals surface area contributed by atoms with Crippen LogP contribution in [0.25, 0.3) is 27.6 Å². The third-order valence-corrected chi connectivity index (χ3v) is 5.98. The second kappa shape index (κ2) is 7.57. The number of benzene rings is 1. The molecule has 142 valence electrons. The maximum Gasteiger partial charge on any atom is 0.234 e. The summed E-state index contributed by atoms with van der Waals surface area (Å²) in [5.41, 5.74) is 4.43. The zero-order valence-corrected chi connectivity index (χ0v) is 16.8. The first kappa shape index (κ1) is 17.7. The van der Waals surface area contributed by atoms with Crippen LogP contribution in [-0.4, -0.2) is 25.3 Å². The van der Waals surface area contributed by atoms with Gasteiger partial charge in [0.25, 0.3) is 0 Å². The summed E-state index contributed by atoms with van der Waals surface area (Å²) in [6, 6.07) is 11.5. The summed E-state index contributed by atoms with van der Waals surface area (Å²) in [4.78, 5) is 25.7. The number of anilines is 1. The molecule has 29 heavy (non-hydrogen) atoms. The molecule has 5 aromatic rings. The highest BCUT2D eigenvalue weighted by molar-refractivity contribution is 7.14. The van der Waals surface area contributed by atoms with E-state index in [1.165, 1.54) is 0 Å². The molecule has 1 aromatic carbocycles. The zero-order valence-electron chi connectivity index (χ0n) is 15.1. The van der Waals surface area contributed by atoms with Crippen molar-refractivity contribution in [2.45, 2.75) is 6.42 Å². The molecule has 4 aromatic heterocycles. The monoisotopic (exact) mass is 417 g/mol. The van der Waals surface area contributed by atoms with Crippen LogP contribution in [-0.2, 0) is 11.2 Å². The van der Waals surface area contributed by atoms with E-state index in [0.717, 1.165) is 33.2 Å². The summed E-state index contributed by atoms with van der Waals surface area (Å²) in [7, 11) is 0. The molecule has 0 atom stereocenters. The topological polar surface area (TPSA) is 72.2 Å². The number of amides is 1. The molecule has 0 spiro atoms. The Morgan fingerprint density at radius 3 is 2.76 bits per heavy atom. The number of nitrogens with zero attached hydrogens (tertiary/aromatic N) is 4. The number of thiophene rings is 1. The first-order valence-corrected chi connectivity index (χ1v) is 10.7. The summed E-state index contributed by atoms with van der Waals surface area (Å²) in [6.07, 6.45) is 5.82. The molecule has 6 nitrogen and oxygen atoms in total. The van der Waals surface area contributed by atoms with Crippen molar-refractivity contribution in [3.05, 3.63) is 76.8 Å². The first-order chi connectivity index (χ1) is 14.2. The highest BCUT2D eigenvalue weighted by Crippen LogP contribution is 2.26. The van der Waals surface area contributed by atoms with Crippen molar-refractivity contribution in [3.8, 4) is 21.8 Å². The highest BCUT2D eigenvalue weighted by atomic mass is 32.1. The van der Waals surface area contributed by atoms with Crippen LogP contribution < -0.4 is 5.32 Å². The number of thiazole rings is 1. The van der Waals surface area contributed by atoms with Crippen molar-refractivity contribution in [2.24, 2.45) is 0 Å². The Balaban J connectivity index is 1.25. The molecular formula is C21H15N5OS2. The first-order valence-electron chi connectivity index (χ1n) is 8.91. The van der Waals surface area contributed by atoms with Gasteiger partial charge in [0.15, 0.2) is 0 Å². The Kier molecular flexibility index (Phi) is 4.63. The number of hydrogen-bond donors (Lipinski definition) is 1. The molecule has 0 bridgehead atoms. The van der Waals surface area contributed by atoms with Gasteiger partial charge in [-0.15, -0.1) is 11.3 Å². The molecule has 0 saturated carbocycles. The molecule has 0 radical (unpaired) electrons. The van der Waals surface area contributed by atoms with Gasteiger partial charge in [0, 0.05) is 46.2 Å². The quantitative estimate of drug-likeness (QED) is 0.447. The van der Waals surface area contributed by atoms with Crippen LogP contribution in [0.1, 0.15) is 5.69 Å². The maximum absolute atomic E-state index is 12.4. The SMILES string of the molecule is O=C(Cc1csc(-c2ccsc2)n1)Nc1ccc(-c2cn3cccnc3n2)cc1. The normalized spacial score (nSPS) is 11.0. The smallest absolute Gasteiger partial charge is 0.234 e. The average Bonchev–Trinajstić information content (AvgIpc) is 3.48. The van der Waals surface area contributed by atoms with Crippen LogP contribution in [0.2, 0.25) is 0 Å². The molecule has 5 rings (SSSR count). The predicted molar refractivity (Wildman–Crippen MR) is 116 cm³/mol. The average molecular weight is 418 g/mol. The molecule has 1 N–H and O–H groups in total. The number of carbonyl (C=O) groups excluding carboxylic acids is 1. The lowest BCUT2D eigenvalue weighted by Crippen LogP contribution is -2.14. The fourth-order valence-electron chi connectivity index (χ4n) is 2.97. The highest BCUT2D eigenvalue weighted by Gasteiger charge is 2.10. The third-order valence-electron chi connectivity index (χ3n) is 4.36. The van der Waals surface area contributed by atoms with Gasteiger partial charge < -0.3 is 5.32 Å². The molecule has 0 aliphatic carbocycles. The maximum atomic E-state index is 12.4. The number of carbonyl (C=O) groups is 1. The molecule has 0 aliphatic heterocycles. The molecule has 0 fully saturated rings. The number of hydrogen-bond acceptors (Lipinski definition) is 6. The van der Waals surface area contributed by atoms with Crippen molar-refractivity contribution >= 4 is 40.0 Å². The van der Waals surface area contributed by atoms with Gasteiger partial charge >= 0.3 is 0 Å². The Labute approximate surface area is 174 Å². The Bertz CT molecular complexity index is 1240. The molecular weight excluding hydrogens is 402 g/mol. The van der Waals surface area contributed by atoms with Crippen molar-refractivity contribution in [3.63, 3.8) is 0 Å². The summed E-state index contributed by atoms with van der Waals surface area (Å²) >= 11 is 3.20. The van der Waals surface area contributed by atoms with Gasteiger partial charge in [-0.1, -0.05) is 12.1 Å². The van der Waals surface area contributed by atoms with E-state index in [2.05, 4.69) is 25.6 Å². The van der Waals surface area contributed by atoms with E-state index in [1.54, 1.807) is 28.9 Å².